The van der Waals surface area contributed by atoms with Gasteiger partial charge >= 0.3 is 5.97 Å². The Morgan fingerprint density at radius 1 is 0.281 bits per heavy atom. The molecule has 1 N–H and O–H groups in total. The smallest absolute Gasteiger partial charge is 0.306 e. The number of quaternary nitrogens is 1. The van der Waals surface area contributed by atoms with E-state index in [9.17, 15) is 9.90 Å². The molecular formula is C61H124NO2+. The van der Waals surface area contributed by atoms with E-state index >= 15 is 0 Å². The second-order valence-corrected chi connectivity index (χ2v) is 21.7. The van der Waals surface area contributed by atoms with Gasteiger partial charge in [-0.05, 0) is 57.8 Å². The number of carboxylic acids is 1. The topological polar surface area (TPSA) is 37.3 Å². The van der Waals surface area contributed by atoms with Crippen molar-refractivity contribution in [1.29, 1.82) is 0 Å². The van der Waals surface area contributed by atoms with Crippen LogP contribution >= 0.6 is 0 Å². The van der Waals surface area contributed by atoms with Crippen molar-refractivity contribution in [2.75, 3.05) is 26.2 Å². The fourth-order valence-electron chi connectivity index (χ4n) is 10.8. The molecule has 1 unspecified atom stereocenters. The standard InChI is InChI=1S/C61H123NO2/c1-5-9-12-15-18-21-24-27-30-33-36-39-42-45-48-51-56-62(59-54-55-60(8-4)61(63)64,57-52-49-46-43-40-37-34-31-28-25-22-19-16-13-10-6-2)58-53-50-47-44-41-38-35-32-29-26-23-20-17-14-11-7-3/h60H,5-59H2,1-4H3/p+1. The second-order valence-electron chi connectivity index (χ2n) is 21.7. The Morgan fingerprint density at radius 3 is 0.625 bits per heavy atom. The predicted molar refractivity (Wildman–Crippen MR) is 289 cm³/mol. The van der Waals surface area contributed by atoms with Crippen LogP contribution in [0.5, 0.6) is 0 Å². The molecule has 0 radical (unpaired) electrons. The maximum Gasteiger partial charge on any atom is 0.306 e. The van der Waals surface area contributed by atoms with Crippen LogP contribution in [0.1, 0.15) is 355 Å². The van der Waals surface area contributed by atoms with Gasteiger partial charge in [-0.1, -0.05) is 297 Å². The molecule has 1 atom stereocenters. The minimum absolute atomic E-state index is 0.163. The van der Waals surface area contributed by atoms with Crippen LogP contribution in [0.2, 0.25) is 0 Å². The third-order valence-corrected chi connectivity index (χ3v) is 15.5. The van der Waals surface area contributed by atoms with E-state index in [4.69, 9.17) is 0 Å². The first-order valence-electron chi connectivity index (χ1n) is 30.6. The first kappa shape index (κ1) is 63.4. The van der Waals surface area contributed by atoms with Gasteiger partial charge in [0, 0.05) is 0 Å². The van der Waals surface area contributed by atoms with E-state index < -0.39 is 5.97 Å². The van der Waals surface area contributed by atoms with Crippen molar-refractivity contribution in [3.05, 3.63) is 0 Å². The highest BCUT2D eigenvalue weighted by molar-refractivity contribution is 5.69. The Balaban J connectivity index is 4.83. The van der Waals surface area contributed by atoms with Gasteiger partial charge in [0.25, 0.3) is 0 Å². The maximum absolute atomic E-state index is 12.0. The van der Waals surface area contributed by atoms with E-state index in [-0.39, 0.29) is 5.92 Å². The molecule has 0 aromatic rings. The summed E-state index contributed by atoms with van der Waals surface area (Å²) in [7, 11) is 0. The highest BCUT2D eigenvalue weighted by atomic mass is 16.4. The quantitative estimate of drug-likeness (QED) is 0.0488. The molecule has 3 nitrogen and oxygen atoms in total. The number of nitrogens with zero attached hydrogens (tertiary/aromatic N) is 1. The SMILES string of the molecule is CCCCCCCCCCCCCCCCCC[N+](CCCCCCCCCCCCCCCCCC)(CCCCCCCCCCCCCCCCCC)CCCC(CC)C(=O)O. The number of carbonyl (C=O) groups is 1. The van der Waals surface area contributed by atoms with E-state index in [2.05, 4.69) is 27.7 Å². The zero-order valence-corrected chi connectivity index (χ0v) is 45.3. The lowest BCUT2D eigenvalue weighted by molar-refractivity contribution is -0.929. The third-order valence-electron chi connectivity index (χ3n) is 15.5. The Labute approximate surface area is 406 Å². The largest absolute Gasteiger partial charge is 0.481 e. The van der Waals surface area contributed by atoms with E-state index in [1.165, 1.54) is 339 Å². The van der Waals surface area contributed by atoms with Gasteiger partial charge < -0.3 is 9.59 Å². The summed E-state index contributed by atoms with van der Waals surface area (Å²) in [6, 6.07) is 0. The molecule has 0 bridgehead atoms. The molecule has 0 aliphatic heterocycles. The van der Waals surface area contributed by atoms with E-state index in [0.717, 1.165) is 19.3 Å². The number of aliphatic carboxylic acids is 1. The lowest BCUT2D eigenvalue weighted by atomic mass is 9.99. The van der Waals surface area contributed by atoms with Gasteiger partial charge in [0.05, 0.1) is 32.1 Å². The number of unbranched alkanes of at least 4 members (excludes halogenated alkanes) is 45. The van der Waals surface area contributed by atoms with Crippen molar-refractivity contribution >= 4 is 5.97 Å². The summed E-state index contributed by atoms with van der Waals surface area (Å²) < 4.78 is 1.28. The molecule has 0 saturated carbocycles. The highest BCUT2D eigenvalue weighted by Gasteiger charge is 2.27. The Morgan fingerprint density at radius 2 is 0.453 bits per heavy atom. The Bertz CT molecular complexity index is 784. The van der Waals surface area contributed by atoms with Crippen LogP contribution in [0.3, 0.4) is 0 Å². The van der Waals surface area contributed by atoms with Crippen molar-refractivity contribution < 1.29 is 14.4 Å². The van der Waals surface area contributed by atoms with Gasteiger partial charge in [0.15, 0.2) is 0 Å². The van der Waals surface area contributed by atoms with Crippen LogP contribution in [0.4, 0.5) is 0 Å². The minimum atomic E-state index is -0.575. The van der Waals surface area contributed by atoms with Crippen LogP contribution in [-0.2, 0) is 4.79 Å². The summed E-state index contributed by atoms with van der Waals surface area (Å²) in [5.41, 5.74) is 0. The van der Waals surface area contributed by atoms with Gasteiger partial charge in [-0.15, -0.1) is 0 Å². The number of hydrogen-bond acceptors (Lipinski definition) is 1. The first-order chi connectivity index (χ1) is 31.5. The molecule has 0 rings (SSSR count). The Kier molecular flexibility index (Phi) is 52.9. The number of hydrogen-bond donors (Lipinski definition) is 1. The van der Waals surface area contributed by atoms with Crippen LogP contribution < -0.4 is 0 Å². The van der Waals surface area contributed by atoms with Crippen LogP contribution in [0, 0.1) is 5.92 Å². The summed E-state index contributed by atoms with van der Waals surface area (Å²) in [5, 5.41) is 9.88. The summed E-state index contributed by atoms with van der Waals surface area (Å²) in [6.07, 6.45) is 71.4. The van der Waals surface area contributed by atoms with Crippen molar-refractivity contribution in [2.24, 2.45) is 5.92 Å². The molecule has 0 amide bonds. The molecule has 3 heteroatoms. The van der Waals surface area contributed by atoms with Crippen molar-refractivity contribution in [1.82, 2.24) is 0 Å². The molecule has 0 saturated heterocycles. The monoisotopic (exact) mass is 903 g/mol. The predicted octanol–water partition coefficient (Wildman–Crippen LogP) is 21.5. The molecule has 64 heavy (non-hydrogen) atoms. The van der Waals surface area contributed by atoms with E-state index in [1.54, 1.807) is 0 Å². The van der Waals surface area contributed by atoms with Gasteiger partial charge in [-0.25, -0.2) is 0 Å². The molecule has 384 valence electrons. The summed E-state index contributed by atoms with van der Waals surface area (Å²) in [5.74, 6) is -0.738. The fourth-order valence-corrected chi connectivity index (χ4v) is 10.8. The minimum Gasteiger partial charge on any atom is -0.481 e. The van der Waals surface area contributed by atoms with E-state index in [0.29, 0.717) is 0 Å². The van der Waals surface area contributed by atoms with Crippen molar-refractivity contribution in [2.45, 2.75) is 355 Å². The average molecular weight is 904 g/mol. The summed E-state index contributed by atoms with van der Waals surface area (Å²) in [6.45, 7) is 14.2. The number of rotatable bonds is 57. The molecule has 0 aliphatic rings. The van der Waals surface area contributed by atoms with E-state index in [1.807, 2.05) is 0 Å². The summed E-state index contributed by atoms with van der Waals surface area (Å²) >= 11 is 0. The van der Waals surface area contributed by atoms with Gasteiger partial charge in [-0.3, -0.25) is 4.79 Å². The van der Waals surface area contributed by atoms with Crippen LogP contribution in [-0.4, -0.2) is 41.7 Å². The van der Waals surface area contributed by atoms with Gasteiger partial charge in [0.2, 0.25) is 0 Å². The Hall–Kier alpha value is -0.570. The van der Waals surface area contributed by atoms with Gasteiger partial charge in [0.1, 0.15) is 0 Å². The normalized spacial score (nSPS) is 12.4. The highest BCUT2D eigenvalue weighted by Crippen LogP contribution is 2.23. The zero-order chi connectivity index (χ0) is 46.5. The molecular weight excluding hydrogens is 779 g/mol. The van der Waals surface area contributed by atoms with Crippen LogP contribution in [0.15, 0.2) is 0 Å². The van der Waals surface area contributed by atoms with Crippen LogP contribution in [0.25, 0.3) is 0 Å². The lowest BCUT2D eigenvalue weighted by Crippen LogP contribution is -2.51. The summed E-state index contributed by atoms with van der Waals surface area (Å²) in [4.78, 5) is 12.0. The average Bonchev–Trinajstić information content (AvgIpc) is 3.29. The lowest BCUT2D eigenvalue weighted by Gasteiger charge is -2.40. The molecule has 0 fully saturated rings. The molecule has 0 aliphatic carbocycles. The van der Waals surface area contributed by atoms with Gasteiger partial charge in [-0.2, -0.15) is 0 Å². The first-order valence-corrected chi connectivity index (χ1v) is 30.6. The number of carboxylic acid groups (broad SMARTS) is 1. The van der Waals surface area contributed by atoms with Crippen molar-refractivity contribution in [3.8, 4) is 0 Å². The third kappa shape index (κ3) is 46.5. The zero-order valence-electron chi connectivity index (χ0n) is 45.3. The maximum atomic E-state index is 12.0. The van der Waals surface area contributed by atoms with Crippen molar-refractivity contribution in [3.63, 3.8) is 0 Å². The molecule has 0 aromatic carbocycles. The fraction of sp³-hybridized carbons (Fsp3) is 0.984. The molecule has 0 spiro atoms. The second kappa shape index (κ2) is 53.4. The molecule has 0 heterocycles. The molecule has 0 aromatic heterocycles.